The molecule has 1 aromatic rings. The molecule has 13 heavy (non-hydrogen) atoms. The van der Waals surface area contributed by atoms with Gasteiger partial charge in [-0.2, -0.15) is 0 Å². The first-order chi connectivity index (χ1) is 6.02. The molecule has 70 valence electrons. The Balaban J connectivity index is 3.19. The summed E-state index contributed by atoms with van der Waals surface area (Å²) in [5.74, 6) is 0.392. The predicted octanol–water partition coefficient (Wildman–Crippen LogP) is 3.61. The van der Waals surface area contributed by atoms with Crippen molar-refractivity contribution in [3.05, 3.63) is 40.5 Å². The molecule has 1 nitrogen and oxygen atoms in total. The maximum absolute atomic E-state index is 9.69. The zero-order valence-electron chi connectivity index (χ0n) is 8.68. The minimum atomic E-state index is 0.392. The van der Waals surface area contributed by atoms with Gasteiger partial charge in [-0.25, -0.2) is 0 Å². The van der Waals surface area contributed by atoms with Crippen molar-refractivity contribution in [2.24, 2.45) is 0 Å². The van der Waals surface area contributed by atoms with Gasteiger partial charge in [0.2, 0.25) is 0 Å². The molecule has 0 atom stereocenters. The van der Waals surface area contributed by atoms with Crippen molar-refractivity contribution in [2.45, 2.75) is 27.7 Å². The lowest BCUT2D eigenvalue weighted by Crippen LogP contribution is -1.88. The summed E-state index contributed by atoms with van der Waals surface area (Å²) < 4.78 is 0. The average molecular weight is 176 g/mol. The molecule has 0 aromatic heterocycles. The van der Waals surface area contributed by atoms with E-state index in [-0.39, 0.29) is 0 Å². The van der Waals surface area contributed by atoms with Gasteiger partial charge >= 0.3 is 0 Å². The van der Waals surface area contributed by atoms with Gasteiger partial charge in [0.15, 0.2) is 0 Å². The highest BCUT2D eigenvalue weighted by Crippen LogP contribution is 2.18. The summed E-state index contributed by atoms with van der Waals surface area (Å²) in [7, 11) is 0. The molecule has 1 heteroatoms. The molecule has 0 aliphatic carbocycles. The van der Waals surface area contributed by atoms with Crippen LogP contribution in [0.2, 0.25) is 0 Å². The smallest absolute Gasteiger partial charge is 0.121 e. The van der Waals surface area contributed by atoms with Gasteiger partial charge in [0.05, 0.1) is 0 Å². The standard InChI is InChI=1S/C12H16O/c1-8(2)12(13)11-6-5-9(3)10(4)7-11/h5-7,13H,1-4H3. The van der Waals surface area contributed by atoms with E-state index in [0.29, 0.717) is 5.76 Å². The number of allylic oxidation sites excluding steroid dienone is 1. The van der Waals surface area contributed by atoms with Gasteiger partial charge in [0.1, 0.15) is 5.76 Å². The van der Waals surface area contributed by atoms with E-state index >= 15 is 0 Å². The molecular formula is C12H16O. The number of hydrogen-bond acceptors (Lipinski definition) is 1. The van der Waals surface area contributed by atoms with Crippen LogP contribution in [0.5, 0.6) is 0 Å². The predicted molar refractivity (Wildman–Crippen MR) is 56.8 cm³/mol. The van der Waals surface area contributed by atoms with Crippen LogP contribution >= 0.6 is 0 Å². The Hall–Kier alpha value is -1.24. The minimum Gasteiger partial charge on any atom is -0.507 e. The van der Waals surface area contributed by atoms with E-state index in [9.17, 15) is 5.11 Å². The van der Waals surface area contributed by atoms with Gasteiger partial charge in [-0.15, -0.1) is 0 Å². The number of benzene rings is 1. The topological polar surface area (TPSA) is 20.2 Å². The fourth-order valence-corrected chi connectivity index (χ4v) is 1.18. The third kappa shape index (κ3) is 2.11. The van der Waals surface area contributed by atoms with Gasteiger partial charge in [0.25, 0.3) is 0 Å². The van der Waals surface area contributed by atoms with Crippen LogP contribution in [0.1, 0.15) is 30.5 Å². The number of aliphatic hydroxyl groups excluding tert-OH is 1. The van der Waals surface area contributed by atoms with Crippen LogP contribution in [0.15, 0.2) is 23.8 Å². The Bertz CT molecular complexity index is 344. The number of hydrogen-bond donors (Lipinski definition) is 1. The van der Waals surface area contributed by atoms with Crippen molar-refractivity contribution in [1.29, 1.82) is 0 Å². The summed E-state index contributed by atoms with van der Waals surface area (Å²) in [6, 6.07) is 5.99. The number of rotatable bonds is 1. The zero-order chi connectivity index (χ0) is 10.0. The van der Waals surface area contributed by atoms with E-state index in [1.165, 1.54) is 11.1 Å². The molecule has 0 heterocycles. The Morgan fingerprint density at radius 1 is 1.08 bits per heavy atom. The van der Waals surface area contributed by atoms with Crippen molar-refractivity contribution in [1.82, 2.24) is 0 Å². The Morgan fingerprint density at radius 2 is 1.69 bits per heavy atom. The molecule has 0 amide bonds. The third-order valence-corrected chi connectivity index (χ3v) is 2.25. The Kier molecular flexibility index (Phi) is 2.76. The summed E-state index contributed by atoms with van der Waals surface area (Å²) in [5, 5.41) is 9.69. The van der Waals surface area contributed by atoms with Crippen molar-refractivity contribution >= 4 is 5.76 Å². The highest BCUT2D eigenvalue weighted by molar-refractivity contribution is 5.62. The van der Waals surface area contributed by atoms with Gasteiger partial charge < -0.3 is 5.11 Å². The van der Waals surface area contributed by atoms with Crippen LogP contribution in [0, 0.1) is 13.8 Å². The first-order valence-electron chi connectivity index (χ1n) is 4.46. The van der Waals surface area contributed by atoms with Crippen LogP contribution in [-0.4, -0.2) is 5.11 Å². The summed E-state index contributed by atoms with van der Waals surface area (Å²) in [4.78, 5) is 0. The first-order valence-corrected chi connectivity index (χ1v) is 4.46. The molecule has 1 rings (SSSR count). The lowest BCUT2D eigenvalue weighted by Gasteiger charge is -2.05. The number of aryl methyl sites for hydroxylation is 2. The quantitative estimate of drug-likeness (QED) is 0.648. The molecule has 0 saturated carbocycles. The minimum absolute atomic E-state index is 0.392. The molecule has 1 aromatic carbocycles. The van der Waals surface area contributed by atoms with Crippen LogP contribution in [0.3, 0.4) is 0 Å². The van der Waals surface area contributed by atoms with E-state index in [2.05, 4.69) is 13.8 Å². The summed E-state index contributed by atoms with van der Waals surface area (Å²) >= 11 is 0. The Labute approximate surface area is 79.7 Å². The van der Waals surface area contributed by atoms with E-state index in [1.54, 1.807) is 0 Å². The monoisotopic (exact) mass is 176 g/mol. The fraction of sp³-hybridized carbons (Fsp3) is 0.333. The van der Waals surface area contributed by atoms with E-state index in [1.807, 2.05) is 32.0 Å². The summed E-state index contributed by atoms with van der Waals surface area (Å²) in [5.41, 5.74) is 4.32. The van der Waals surface area contributed by atoms with Gasteiger partial charge in [-0.3, -0.25) is 0 Å². The van der Waals surface area contributed by atoms with E-state index in [4.69, 9.17) is 0 Å². The molecular weight excluding hydrogens is 160 g/mol. The normalized spacial score (nSPS) is 9.85. The van der Waals surface area contributed by atoms with Gasteiger partial charge in [0, 0.05) is 5.56 Å². The van der Waals surface area contributed by atoms with Crippen LogP contribution in [0.4, 0.5) is 0 Å². The molecule has 0 aliphatic rings. The molecule has 0 fully saturated rings. The van der Waals surface area contributed by atoms with Crippen LogP contribution in [-0.2, 0) is 0 Å². The van der Waals surface area contributed by atoms with Gasteiger partial charge in [-0.1, -0.05) is 12.1 Å². The van der Waals surface area contributed by atoms with Crippen molar-refractivity contribution in [3.63, 3.8) is 0 Å². The Morgan fingerprint density at radius 3 is 2.15 bits per heavy atom. The van der Waals surface area contributed by atoms with Crippen molar-refractivity contribution in [3.8, 4) is 0 Å². The highest BCUT2D eigenvalue weighted by atomic mass is 16.3. The molecule has 0 unspecified atom stereocenters. The van der Waals surface area contributed by atoms with Crippen LogP contribution < -0.4 is 0 Å². The molecule has 0 bridgehead atoms. The SMILES string of the molecule is CC(C)=C(O)c1ccc(C)c(C)c1. The summed E-state index contributed by atoms with van der Waals surface area (Å²) in [6.45, 7) is 7.94. The second-order valence-electron chi connectivity index (χ2n) is 3.65. The van der Waals surface area contributed by atoms with E-state index in [0.717, 1.165) is 11.1 Å². The molecule has 0 radical (unpaired) electrons. The largest absolute Gasteiger partial charge is 0.507 e. The van der Waals surface area contributed by atoms with Crippen molar-refractivity contribution < 1.29 is 5.11 Å². The molecule has 1 N–H and O–H groups in total. The second kappa shape index (κ2) is 3.65. The summed E-state index contributed by atoms with van der Waals surface area (Å²) in [6.07, 6.45) is 0. The van der Waals surface area contributed by atoms with Crippen molar-refractivity contribution in [2.75, 3.05) is 0 Å². The molecule has 0 aliphatic heterocycles. The first kappa shape index (κ1) is 9.85. The second-order valence-corrected chi connectivity index (χ2v) is 3.65. The average Bonchev–Trinajstić information content (AvgIpc) is 2.08. The lowest BCUT2D eigenvalue weighted by molar-refractivity contribution is 0.506. The van der Waals surface area contributed by atoms with Gasteiger partial charge in [-0.05, 0) is 50.5 Å². The van der Waals surface area contributed by atoms with E-state index < -0.39 is 0 Å². The molecule has 0 saturated heterocycles. The highest BCUT2D eigenvalue weighted by Gasteiger charge is 2.01. The van der Waals surface area contributed by atoms with Crippen LogP contribution in [0.25, 0.3) is 5.76 Å². The zero-order valence-corrected chi connectivity index (χ0v) is 8.68. The maximum Gasteiger partial charge on any atom is 0.121 e. The lowest BCUT2D eigenvalue weighted by atomic mass is 10.0. The fourth-order valence-electron chi connectivity index (χ4n) is 1.18. The third-order valence-electron chi connectivity index (χ3n) is 2.25. The maximum atomic E-state index is 9.69. The molecule has 0 spiro atoms. The number of aliphatic hydroxyl groups is 1.